The SMILES string of the molecule is CC(=O)N1CCC(C(=O)N2CCN(CC(=O)Nc3ccc(F)cc3)CC2)(c2ccccc2)CC1. The van der Waals surface area contributed by atoms with Gasteiger partial charge in [0.15, 0.2) is 0 Å². The van der Waals surface area contributed by atoms with E-state index in [4.69, 9.17) is 0 Å². The summed E-state index contributed by atoms with van der Waals surface area (Å²) in [6, 6.07) is 15.6. The van der Waals surface area contributed by atoms with Gasteiger partial charge in [-0.1, -0.05) is 30.3 Å². The van der Waals surface area contributed by atoms with Crippen molar-refractivity contribution < 1.29 is 18.8 Å². The van der Waals surface area contributed by atoms with Crippen LogP contribution in [-0.4, -0.2) is 78.2 Å². The second kappa shape index (κ2) is 10.3. The summed E-state index contributed by atoms with van der Waals surface area (Å²) in [6.07, 6.45) is 1.21. The zero-order chi connectivity index (χ0) is 24.1. The molecule has 0 unspecified atom stereocenters. The number of halogens is 1. The first-order chi connectivity index (χ1) is 16.4. The summed E-state index contributed by atoms with van der Waals surface area (Å²) < 4.78 is 13.1. The van der Waals surface area contributed by atoms with Gasteiger partial charge in [-0.15, -0.1) is 0 Å². The molecule has 0 radical (unpaired) electrons. The molecule has 4 rings (SSSR count). The maximum absolute atomic E-state index is 13.8. The third kappa shape index (κ3) is 5.28. The minimum Gasteiger partial charge on any atom is -0.343 e. The number of benzene rings is 2. The van der Waals surface area contributed by atoms with E-state index in [9.17, 15) is 18.8 Å². The van der Waals surface area contributed by atoms with Crippen LogP contribution < -0.4 is 5.32 Å². The van der Waals surface area contributed by atoms with Gasteiger partial charge < -0.3 is 15.1 Å². The zero-order valence-electron chi connectivity index (χ0n) is 19.5. The molecule has 0 aliphatic carbocycles. The number of carbonyl (C=O) groups excluding carboxylic acids is 3. The average Bonchev–Trinajstić information content (AvgIpc) is 2.86. The van der Waals surface area contributed by atoms with Gasteiger partial charge in [0.2, 0.25) is 17.7 Å². The van der Waals surface area contributed by atoms with E-state index in [1.165, 1.54) is 24.3 Å². The molecule has 180 valence electrons. The lowest BCUT2D eigenvalue weighted by atomic mass is 9.71. The van der Waals surface area contributed by atoms with E-state index in [0.717, 1.165) is 5.56 Å². The minimum absolute atomic E-state index is 0.0432. The van der Waals surface area contributed by atoms with Crippen LogP contribution in [0.15, 0.2) is 54.6 Å². The van der Waals surface area contributed by atoms with Gasteiger partial charge in [0.05, 0.1) is 12.0 Å². The lowest BCUT2D eigenvalue weighted by Crippen LogP contribution is -2.58. The molecule has 7 nitrogen and oxygen atoms in total. The summed E-state index contributed by atoms with van der Waals surface area (Å²) in [6.45, 7) is 5.24. The quantitative estimate of drug-likeness (QED) is 0.735. The van der Waals surface area contributed by atoms with Crippen molar-refractivity contribution in [3.63, 3.8) is 0 Å². The highest BCUT2D eigenvalue weighted by atomic mass is 19.1. The molecule has 2 aromatic carbocycles. The fourth-order valence-electron chi connectivity index (χ4n) is 4.94. The molecule has 0 saturated carbocycles. The number of nitrogens with one attached hydrogen (secondary N) is 1. The number of nitrogens with zero attached hydrogens (tertiary/aromatic N) is 3. The highest BCUT2D eigenvalue weighted by Crippen LogP contribution is 2.37. The van der Waals surface area contributed by atoms with Gasteiger partial charge in [0, 0.05) is 51.9 Å². The Hall–Kier alpha value is -3.26. The van der Waals surface area contributed by atoms with Crippen LogP contribution in [0.4, 0.5) is 10.1 Å². The van der Waals surface area contributed by atoms with Crippen molar-refractivity contribution in [2.24, 2.45) is 0 Å². The van der Waals surface area contributed by atoms with Gasteiger partial charge in [-0.25, -0.2) is 4.39 Å². The van der Waals surface area contributed by atoms with E-state index in [0.29, 0.717) is 57.8 Å². The Labute approximate surface area is 199 Å². The van der Waals surface area contributed by atoms with Crippen LogP contribution in [-0.2, 0) is 19.8 Å². The molecule has 2 aliphatic rings. The number of amides is 3. The fraction of sp³-hybridized carbons (Fsp3) is 0.423. The molecule has 0 spiro atoms. The van der Waals surface area contributed by atoms with Gasteiger partial charge in [-0.05, 0) is 42.7 Å². The number of carbonyl (C=O) groups is 3. The Bertz CT molecular complexity index is 1010. The largest absolute Gasteiger partial charge is 0.343 e. The van der Waals surface area contributed by atoms with Gasteiger partial charge in [0.25, 0.3) is 0 Å². The molecule has 0 aromatic heterocycles. The standard InChI is InChI=1S/C26H31FN4O3/c1-20(32)30-13-11-26(12-14-30,21-5-3-2-4-6-21)25(34)31-17-15-29(16-18-31)19-24(33)28-23-9-7-22(27)8-10-23/h2-10H,11-19H2,1H3,(H,28,33). The minimum atomic E-state index is -0.630. The third-order valence-electron chi connectivity index (χ3n) is 6.95. The van der Waals surface area contributed by atoms with E-state index in [1.54, 1.807) is 6.92 Å². The topological polar surface area (TPSA) is 73.0 Å². The lowest BCUT2D eigenvalue weighted by Gasteiger charge is -2.45. The molecule has 3 amide bonds. The highest BCUT2D eigenvalue weighted by Gasteiger charge is 2.45. The molecule has 2 fully saturated rings. The Morgan fingerprint density at radius 2 is 1.47 bits per heavy atom. The smallest absolute Gasteiger partial charge is 0.238 e. The second-order valence-electron chi connectivity index (χ2n) is 9.08. The predicted octanol–water partition coefficient (Wildman–Crippen LogP) is 2.49. The van der Waals surface area contributed by atoms with Crippen LogP contribution in [0.25, 0.3) is 0 Å². The summed E-state index contributed by atoms with van der Waals surface area (Å²) in [7, 11) is 0. The number of hydrogen-bond acceptors (Lipinski definition) is 4. The van der Waals surface area contributed by atoms with Gasteiger partial charge in [-0.2, -0.15) is 0 Å². The number of hydrogen-bond donors (Lipinski definition) is 1. The van der Waals surface area contributed by atoms with Crippen LogP contribution in [0.5, 0.6) is 0 Å². The van der Waals surface area contributed by atoms with Crippen LogP contribution >= 0.6 is 0 Å². The Morgan fingerprint density at radius 3 is 2.06 bits per heavy atom. The lowest BCUT2D eigenvalue weighted by molar-refractivity contribution is -0.144. The molecule has 34 heavy (non-hydrogen) atoms. The first-order valence-corrected chi connectivity index (χ1v) is 11.8. The number of piperidine rings is 1. The monoisotopic (exact) mass is 466 g/mol. The first kappa shape index (κ1) is 23.9. The van der Waals surface area contributed by atoms with E-state index in [-0.39, 0.29) is 30.1 Å². The number of rotatable bonds is 5. The number of likely N-dealkylation sites (tertiary alicyclic amines) is 1. The van der Waals surface area contributed by atoms with E-state index in [1.807, 2.05) is 45.0 Å². The van der Waals surface area contributed by atoms with Crippen molar-refractivity contribution in [3.05, 3.63) is 66.0 Å². The van der Waals surface area contributed by atoms with Crippen molar-refractivity contribution >= 4 is 23.4 Å². The molecular formula is C26H31FN4O3. The molecule has 2 saturated heterocycles. The van der Waals surface area contributed by atoms with Crippen LogP contribution in [0.2, 0.25) is 0 Å². The van der Waals surface area contributed by atoms with Crippen molar-refractivity contribution in [3.8, 4) is 0 Å². The summed E-state index contributed by atoms with van der Waals surface area (Å²) in [4.78, 5) is 43.8. The fourth-order valence-corrected chi connectivity index (χ4v) is 4.94. The predicted molar refractivity (Wildman–Crippen MR) is 128 cm³/mol. The number of anilines is 1. The normalized spacial score (nSPS) is 18.4. The average molecular weight is 467 g/mol. The van der Waals surface area contributed by atoms with Crippen molar-refractivity contribution in [1.82, 2.24) is 14.7 Å². The number of piperazine rings is 1. The van der Waals surface area contributed by atoms with Gasteiger partial charge >= 0.3 is 0 Å². The molecular weight excluding hydrogens is 435 g/mol. The summed E-state index contributed by atoms with van der Waals surface area (Å²) in [5.41, 5.74) is 0.932. The molecule has 2 aliphatic heterocycles. The second-order valence-corrected chi connectivity index (χ2v) is 9.08. The third-order valence-corrected chi connectivity index (χ3v) is 6.95. The molecule has 0 atom stereocenters. The zero-order valence-corrected chi connectivity index (χ0v) is 19.5. The van der Waals surface area contributed by atoms with E-state index in [2.05, 4.69) is 5.32 Å². The van der Waals surface area contributed by atoms with E-state index >= 15 is 0 Å². The molecule has 8 heteroatoms. The van der Waals surface area contributed by atoms with Crippen LogP contribution in [0, 0.1) is 5.82 Å². The maximum Gasteiger partial charge on any atom is 0.238 e. The van der Waals surface area contributed by atoms with E-state index < -0.39 is 5.41 Å². The summed E-state index contributed by atoms with van der Waals surface area (Å²) >= 11 is 0. The summed E-state index contributed by atoms with van der Waals surface area (Å²) in [5.74, 6) is -0.360. The van der Waals surface area contributed by atoms with Crippen LogP contribution in [0.3, 0.4) is 0 Å². The van der Waals surface area contributed by atoms with Crippen LogP contribution in [0.1, 0.15) is 25.3 Å². The van der Waals surface area contributed by atoms with Crippen molar-refractivity contribution in [1.29, 1.82) is 0 Å². The molecule has 1 N–H and O–H groups in total. The molecule has 2 aromatic rings. The highest BCUT2D eigenvalue weighted by molar-refractivity contribution is 5.92. The molecule has 2 heterocycles. The Morgan fingerprint density at radius 1 is 0.853 bits per heavy atom. The first-order valence-electron chi connectivity index (χ1n) is 11.8. The Balaban J connectivity index is 1.37. The molecule has 0 bridgehead atoms. The van der Waals surface area contributed by atoms with Gasteiger partial charge in [-0.3, -0.25) is 19.3 Å². The Kier molecular flexibility index (Phi) is 7.26. The van der Waals surface area contributed by atoms with Crippen molar-refractivity contribution in [2.75, 3.05) is 51.1 Å². The van der Waals surface area contributed by atoms with Gasteiger partial charge in [0.1, 0.15) is 5.82 Å². The summed E-state index contributed by atoms with van der Waals surface area (Å²) in [5, 5.41) is 2.78. The maximum atomic E-state index is 13.8. The van der Waals surface area contributed by atoms with Crippen molar-refractivity contribution in [2.45, 2.75) is 25.2 Å².